The monoisotopic (exact) mass is 2460 g/mol. The quantitative estimate of drug-likeness (QED) is 0.0836. The number of para-hydroxylation sites is 9. The summed E-state index contributed by atoms with van der Waals surface area (Å²) in [6.07, 6.45) is 5.30. The van der Waals surface area contributed by atoms with Crippen LogP contribution in [0.25, 0.3) is 123 Å². The van der Waals surface area contributed by atoms with Gasteiger partial charge in [0.1, 0.15) is 40.3 Å². The molecule has 24 heteroatoms. The molecule has 0 amide bonds. The van der Waals surface area contributed by atoms with Crippen molar-refractivity contribution in [2.75, 3.05) is 0 Å². The van der Waals surface area contributed by atoms with Gasteiger partial charge in [0.2, 0.25) is 31.9 Å². The maximum Gasteiger partial charge on any atom is 2.00 e. The number of ether oxygens (including phenoxy) is 8. The fraction of sp³-hybridized carbons (Fsp3) is 0.0400. The van der Waals surface area contributed by atoms with E-state index in [0.717, 1.165) is 230 Å². The van der Waals surface area contributed by atoms with Crippen molar-refractivity contribution >= 4 is 124 Å². The van der Waals surface area contributed by atoms with Gasteiger partial charge in [-0.05, 0) is 189 Å². The van der Waals surface area contributed by atoms with Gasteiger partial charge in [-0.2, -0.15) is 6.07 Å². The Morgan fingerprint density at radius 3 is 1.13 bits per heavy atom. The van der Waals surface area contributed by atoms with Crippen LogP contribution < -0.4 is 87.1 Å². The van der Waals surface area contributed by atoms with E-state index >= 15 is 0 Å². The van der Waals surface area contributed by atoms with Crippen LogP contribution >= 0.6 is 0 Å². The molecule has 0 atom stereocenters. The van der Waals surface area contributed by atoms with Crippen molar-refractivity contribution in [1.82, 2.24) is 48.2 Å². The van der Waals surface area contributed by atoms with E-state index in [2.05, 4.69) is 245 Å². The average molecular weight is 2460 g/mol. The molecule has 24 aromatic rings. The van der Waals surface area contributed by atoms with Crippen LogP contribution in [0.2, 0.25) is 0 Å². The second kappa shape index (κ2) is 37.8. The van der Waals surface area contributed by atoms with Crippen molar-refractivity contribution in [2.24, 2.45) is 0 Å². The number of rotatable bonds is 12. The molecule has 7 aromatic heterocycles. The molecule has 0 saturated heterocycles. The van der Waals surface area contributed by atoms with Crippen molar-refractivity contribution < 1.29 is 101 Å². The number of imidazole rings is 3. The Bertz CT molecular complexity index is 9470. The van der Waals surface area contributed by atoms with Crippen LogP contribution in [0.1, 0.15) is 27.8 Å². The summed E-state index contributed by atoms with van der Waals surface area (Å²) in [5.41, 5.74) is 30.0. The zero-order valence-corrected chi connectivity index (χ0v) is 87.0. The van der Waals surface area contributed by atoms with Crippen molar-refractivity contribution in [3.8, 4) is 160 Å². The molecule has 149 heavy (non-hydrogen) atoms. The normalized spacial score (nSPS) is 12.3. The molecule has 0 bridgehead atoms. The number of hydrogen-bond donors (Lipinski definition) is 0. The summed E-state index contributed by atoms with van der Waals surface area (Å²) >= 11 is 0. The van der Waals surface area contributed by atoms with Crippen LogP contribution in [0.4, 0.5) is 0 Å². The molecule has 0 radical (unpaired) electrons. The van der Waals surface area contributed by atoms with Gasteiger partial charge in [0.05, 0.1) is 50.6 Å². The van der Waals surface area contributed by atoms with Gasteiger partial charge in [0, 0.05) is 116 Å². The zero-order valence-electron chi connectivity index (χ0n) is 80.2. The number of benzene rings is 17. The van der Waals surface area contributed by atoms with Crippen LogP contribution in [0.15, 0.2) is 377 Å². The third-order valence-corrected chi connectivity index (χ3v) is 28.1. The molecule has 13 heterocycles. The van der Waals surface area contributed by atoms with Crippen molar-refractivity contribution in [1.29, 1.82) is 0 Å². The topological polar surface area (TPSA) is 171 Å². The van der Waals surface area contributed by atoms with Crippen molar-refractivity contribution in [2.45, 2.75) is 34.6 Å². The smallest absolute Gasteiger partial charge is 0.518 e. The molecule has 714 valence electrons. The zero-order chi connectivity index (χ0) is 97.0. The molecular weight excluding hydrogens is 2390 g/mol. The number of aryl methyl sites for hydroxylation is 5. The Kier molecular flexibility index (Phi) is 23.7. The number of pyridine rings is 3. The van der Waals surface area contributed by atoms with E-state index < -0.39 is 0 Å². The van der Waals surface area contributed by atoms with Gasteiger partial charge in [0.15, 0.2) is 0 Å². The third-order valence-electron chi connectivity index (χ3n) is 28.1. The first-order valence-corrected chi connectivity index (χ1v) is 48.5. The second-order valence-corrected chi connectivity index (χ2v) is 37.1. The van der Waals surface area contributed by atoms with Crippen LogP contribution in [0, 0.1) is 71.0 Å². The predicted molar refractivity (Wildman–Crippen MR) is 575 cm³/mol. The average Bonchev–Trinajstić information content (AvgIpc) is 1.69. The number of nitrogens with zero attached hydrogens (tertiary/aromatic N) is 10. The summed E-state index contributed by atoms with van der Waals surface area (Å²) in [7, 11) is 0. The molecule has 18 nitrogen and oxygen atoms in total. The van der Waals surface area contributed by atoms with E-state index in [4.69, 9.17) is 57.8 Å². The van der Waals surface area contributed by atoms with E-state index in [9.17, 15) is 0 Å². The largest absolute Gasteiger partial charge is 2.00 e. The summed E-state index contributed by atoms with van der Waals surface area (Å²) < 4.78 is 60.5. The number of hydrogen-bond acceptors (Lipinski definition) is 14. The molecule has 0 fully saturated rings. The third kappa shape index (κ3) is 15.9. The molecule has 6 aliphatic rings. The van der Waals surface area contributed by atoms with Crippen LogP contribution in [0.3, 0.4) is 0 Å². The Hall–Kier alpha value is -16.9. The maximum absolute atomic E-state index is 6.70. The minimum absolute atomic E-state index is 0. The predicted octanol–water partition coefficient (Wildman–Crippen LogP) is 23.1. The molecule has 0 unspecified atom stereocenters. The van der Waals surface area contributed by atoms with Crippen molar-refractivity contribution in [3.05, 3.63) is 441 Å². The van der Waals surface area contributed by atoms with Gasteiger partial charge in [-0.3, -0.25) is 15.0 Å². The first-order valence-electron chi connectivity index (χ1n) is 48.5. The summed E-state index contributed by atoms with van der Waals surface area (Å²) in [5.74, 6) is 14.3. The SMILES string of the molecule is Cc1cc(C)c(-n2c(-c3[c-]c4c(cc3)Oc3cccc5c3B4c3[c-]c(Oc4cc(-c6ccccc6)ccn4)ccc3O5)nc3ccccc32)c(C)c1.Cc1cccc(C)c1-n1c(-c2[c-]c3c(cc2)Oc2cccc4c2B3c2[c-]c3c(cc2O4)c2ccccc2n3-c2ccccn2)nc2ccccc21.[Pt+2].[Pt+2].[Pt+2].[c-]1c(Oc2ccccn2)ccc2c1B1c3[c-]c(-c4nc5ccccc5n4-c4ccccc4)ccc3Oc3cccc(c31)O2. The first-order chi connectivity index (χ1) is 71.9. The van der Waals surface area contributed by atoms with Crippen LogP contribution in [-0.2, 0) is 63.2 Å². The van der Waals surface area contributed by atoms with E-state index in [1.54, 1.807) is 12.4 Å². The molecule has 6 aliphatic heterocycles. The Labute approximate surface area is 901 Å². The summed E-state index contributed by atoms with van der Waals surface area (Å²) in [6.45, 7) is 10.0. The Morgan fingerprint density at radius 2 is 0.651 bits per heavy atom. The van der Waals surface area contributed by atoms with Crippen LogP contribution in [-0.4, -0.2) is 68.3 Å². The first kappa shape index (κ1) is 93.1. The second-order valence-electron chi connectivity index (χ2n) is 37.1. The maximum atomic E-state index is 6.70. The Morgan fingerprint density at radius 1 is 0.262 bits per heavy atom. The van der Waals surface area contributed by atoms with Crippen molar-refractivity contribution in [3.63, 3.8) is 0 Å². The summed E-state index contributed by atoms with van der Waals surface area (Å²) in [6, 6.07) is 142. The van der Waals surface area contributed by atoms with E-state index in [1.165, 1.54) is 27.8 Å². The minimum atomic E-state index is -0.272. The number of fused-ring (bicyclic) bond motifs is 18. The molecular formula is C125H77B3N10O8Pt3. The molecule has 30 rings (SSSR count). The van der Waals surface area contributed by atoms with Gasteiger partial charge in [0.25, 0.3) is 0 Å². The van der Waals surface area contributed by atoms with Gasteiger partial charge in [-0.1, -0.05) is 180 Å². The fourth-order valence-electron chi connectivity index (χ4n) is 21.9. The van der Waals surface area contributed by atoms with E-state index in [-0.39, 0.29) is 83.3 Å². The minimum Gasteiger partial charge on any atom is -0.518 e. The Balaban J connectivity index is 0.000000115. The van der Waals surface area contributed by atoms with Gasteiger partial charge in [-0.25, -0.2) is 15.0 Å². The fourth-order valence-corrected chi connectivity index (χ4v) is 21.9. The molecule has 17 aromatic carbocycles. The molecule has 0 spiro atoms. The summed E-state index contributed by atoms with van der Waals surface area (Å²) in [4.78, 5) is 29.1. The molecule has 0 saturated carbocycles. The van der Waals surface area contributed by atoms with Gasteiger partial charge >= 0.3 is 63.2 Å². The van der Waals surface area contributed by atoms with Gasteiger partial charge in [-0.15, -0.1) is 147 Å². The standard InChI is InChI=1S/C45H30BN3O3.C44H27BN4O2.C36H20BN3O3.3Pt/c1-27-22-28(2)44(29(3)23-27)49-37-13-8-7-12-36(37)48-45(49)32-16-18-38-34(24-32)46-35-26-33(17-19-39(35)52-41-15-9-14-40(51-38)43(41)46)50-42-25-31(20-21-47-42)30-10-5-4-6-11-30;1-26-11-9-12-27(2)43(26)49-35-16-6-4-14-33(35)47-44(49)28-20-21-37-31(23-28)45-32-25-36-30(24-40(32)51-39-18-10-17-38(50-37)42(39)45)29-13-3-5-15-34(29)48(36)41-19-7-8-22-46-41;1-2-9-24(10-3-1)40-29-12-5-4-11-28(29)39-36(40)23-16-18-30-26(21-23)37-27-22-25(41-34-15-6-7-20-38-34)17-19-31(27)43-33-14-8-13-32(42-30)35(33)37;;;/h4-23,25H,1-3H3;3-22,24H,1-2H3;1-20H;;;/q3*-2;3*+2. The molecule has 0 N–H and O–H groups in total. The van der Waals surface area contributed by atoms with Crippen LogP contribution in [0.5, 0.6) is 92.3 Å². The van der Waals surface area contributed by atoms with E-state index in [1.807, 2.05) is 219 Å². The molecule has 0 aliphatic carbocycles. The van der Waals surface area contributed by atoms with E-state index in [0.29, 0.717) is 34.8 Å². The summed E-state index contributed by atoms with van der Waals surface area (Å²) in [5, 5.41) is 2.17. The van der Waals surface area contributed by atoms with Gasteiger partial charge < -0.3 is 56.2 Å². The number of aromatic nitrogens is 10.